The number of fused-ring (bicyclic) bond motifs is 1. The Labute approximate surface area is 133 Å². The predicted molar refractivity (Wildman–Crippen MR) is 91.1 cm³/mol. The van der Waals surface area contributed by atoms with E-state index < -0.39 is 5.91 Å². The molecule has 0 bridgehead atoms. The topological polar surface area (TPSA) is 59.3 Å². The molecule has 0 aliphatic carbocycles. The molecule has 23 heavy (non-hydrogen) atoms. The summed E-state index contributed by atoms with van der Waals surface area (Å²) in [6.07, 6.45) is 0. The molecule has 1 heterocycles. The molecule has 1 N–H and O–H groups in total. The second kappa shape index (κ2) is 5.72. The Morgan fingerprint density at radius 3 is 2.48 bits per heavy atom. The molecule has 0 saturated heterocycles. The summed E-state index contributed by atoms with van der Waals surface area (Å²) >= 11 is 0. The van der Waals surface area contributed by atoms with Crippen molar-refractivity contribution in [1.29, 1.82) is 0 Å². The first-order chi connectivity index (χ1) is 11.0. The number of anilines is 1. The van der Waals surface area contributed by atoms with Crippen molar-refractivity contribution >= 4 is 22.6 Å². The average Bonchev–Trinajstić information content (AvgIpc) is 2.50. The van der Waals surface area contributed by atoms with Crippen LogP contribution in [0.1, 0.15) is 27.2 Å². The van der Waals surface area contributed by atoms with Gasteiger partial charge in [-0.25, -0.2) is 0 Å². The number of benzene rings is 2. The fourth-order valence-electron chi connectivity index (χ4n) is 2.62. The molecule has 4 nitrogen and oxygen atoms in total. The van der Waals surface area contributed by atoms with Gasteiger partial charge in [0, 0.05) is 11.8 Å². The molecule has 0 unspecified atom stereocenters. The van der Waals surface area contributed by atoms with Crippen molar-refractivity contribution < 1.29 is 9.21 Å². The van der Waals surface area contributed by atoms with Gasteiger partial charge < -0.3 is 9.73 Å². The fourth-order valence-corrected chi connectivity index (χ4v) is 2.62. The minimum atomic E-state index is -0.432. The quantitative estimate of drug-likeness (QED) is 0.779. The average molecular weight is 307 g/mol. The van der Waals surface area contributed by atoms with Crippen molar-refractivity contribution in [3.8, 4) is 0 Å². The van der Waals surface area contributed by atoms with Crippen LogP contribution in [0, 0.1) is 20.8 Å². The molecule has 0 spiro atoms. The lowest BCUT2D eigenvalue weighted by atomic mass is 10.1. The standard InChI is InChI=1S/C19H17NO3/c1-11-8-13(3)18-14(9-11)16(21)10-17(23-18)19(22)20-15-7-5-4-6-12(15)2/h4-10H,1-3H3,(H,20,22). The normalized spacial score (nSPS) is 10.7. The van der Waals surface area contributed by atoms with Crippen molar-refractivity contribution in [2.24, 2.45) is 0 Å². The summed E-state index contributed by atoms with van der Waals surface area (Å²) < 4.78 is 5.69. The van der Waals surface area contributed by atoms with Gasteiger partial charge >= 0.3 is 0 Å². The van der Waals surface area contributed by atoms with Crippen LogP contribution in [-0.4, -0.2) is 5.91 Å². The molecule has 4 heteroatoms. The van der Waals surface area contributed by atoms with Gasteiger partial charge in [0.15, 0.2) is 11.2 Å². The molecule has 0 radical (unpaired) electrons. The third-order valence-electron chi connectivity index (χ3n) is 3.78. The highest BCUT2D eigenvalue weighted by atomic mass is 16.3. The van der Waals surface area contributed by atoms with Crippen molar-refractivity contribution in [3.05, 3.63) is 75.1 Å². The molecule has 3 aromatic rings. The van der Waals surface area contributed by atoms with Crippen LogP contribution < -0.4 is 10.7 Å². The summed E-state index contributed by atoms with van der Waals surface area (Å²) in [6.45, 7) is 5.69. The molecule has 1 amide bonds. The van der Waals surface area contributed by atoms with E-state index in [0.29, 0.717) is 16.7 Å². The molecule has 2 aromatic carbocycles. The van der Waals surface area contributed by atoms with Gasteiger partial charge in [-0.3, -0.25) is 9.59 Å². The highest BCUT2D eigenvalue weighted by Crippen LogP contribution is 2.20. The van der Waals surface area contributed by atoms with Gasteiger partial charge in [0.2, 0.25) is 0 Å². The van der Waals surface area contributed by atoms with Gasteiger partial charge in [-0.05, 0) is 49.6 Å². The molecule has 0 saturated carbocycles. The second-order valence-corrected chi connectivity index (χ2v) is 5.70. The number of amides is 1. The van der Waals surface area contributed by atoms with Gasteiger partial charge in [-0.15, -0.1) is 0 Å². The smallest absolute Gasteiger partial charge is 0.291 e. The van der Waals surface area contributed by atoms with Crippen molar-refractivity contribution in [2.45, 2.75) is 20.8 Å². The molecule has 0 aliphatic rings. The maximum absolute atomic E-state index is 12.4. The van der Waals surface area contributed by atoms with Gasteiger partial charge in [0.05, 0.1) is 5.39 Å². The van der Waals surface area contributed by atoms with Crippen LogP contribution in [0.2, 0.25) is 0 Å². The lowest BCUT2D eigenvalue weighted by molar-refractivity contribution is 0.0997. The Morgan fingerprint density at radius 1 is 1.00 bits per heavy atom. The minimum Gasteiger partial charge on any atom is -0.450 e. The van der Waals surface area contributed by atoms with Crippen LogP contribution in [-0.2, 0) is 0 Å². The molecular formula is C19H17NO3. The highest BCUT2D eigenvalue weighted by molar-refractivity contribution is 6.03. The van der Waals surface area contributed by atoms with E-state index in [-0.39, 0.29) is 11.2 Å². The Kier molecular flexibility index (Phi) is 3.74. The summed E-state index contributed by atoms with van der Waals surface area (Å²) in [5, 5.41) is 3.27. The zero-order valence-corrected chi connectivity index (χ0v) is 13.3. The van der Waals surface area contributed by atoms with Crippen molar-refractivity contribution in [3.63, 3.8) is 0 Å². The Morgan fingerprint density at radius 2 is 1.74 bits per heavy atom. The monoisotopic (exact) mass is 307 g/mol. The lowest BCUT2D eigenvalue weighted by Crippen LogP contribution is -2.15. The Bertz CT molecular complexity index is 970. The summed E-state index contributed by atoms with van der Waals surface area (Å²) in [5.41, 5.74) is 3.70. The number of carbonyl (C=O) groups excluding carboxylic acids is 1. The number of carbonyl (C=O) groups is 1. The molecule has 116 valence electrons. The molecular weight excluding hydrogens is 290 g/mol. The first kappa shape index (κ1) is 15.0. The molecule has 1 aromatic heterocycles. The van der Waals surface area contributed by atoms with Crippen LogP contribution in [0.5, 0.6) is 0 Å². The van der Waals surface area contributed by atoms with Crippen molar-refractivity contribution in [2.75, 3.05) is 5.32 Å². The fraction of sp³-hybridized carbons (Fsp3) is 0.158. The van der Waals surface area contributed by atoms with E-state index in [1.54, 1.807) is 12.1 Å². The van der Waals surface area contributed by atoms with Crippen LogP contribution in [0.4, 0.5) is 5.69 Å². The SMILES string of the molecule is Cc1cc(C)c2oc(C(=O)Nc3ccccc3C)cc(=O)c2c1. The number of hydrogen-bond acceptors (Lipinski definition) is 3. The van der Waals surface area contributed by atoms with E-state index >= 15 is 0 Å². The first-order valence-electron chi connectivity index (χ1n) is 7.38. The van der Waals surface area contributed by atoms with E-state index in [4.69, 9.17) is 4.42 Å². The largest absolute Gasteiger partial charge is 0.450 e. The van der Waals surface area contributed by atoms with E-state index in [0.717, 1.165) is 16.7 Å². The number of para-hydroxylation sites is 1. The van der Waals surface area contributed by atoms with E-state index in [2.05, 4.69) is 5.32 Å². The zero-order chi connectivity index (χ0) is 16.6. The lowest BCUT2D eigenvalue weighted by Gasteiger charge is -2.09. The minimum absolute atomic E-state index is 0.0118. The number of rotatable bonds is 2. The third kappa shape index (κ3) is 2.88. The van der Waals surface area contributed by atoms with Gasteiger partial charge in [0.1, 0.15) is 5.58 Å². The number of aryl methyl sites for hydroxylation is 3. The maximum Gasteiger partial charge on any atom is 0.291 e. The van der Waals surface area contributed by atoms with E-state index in [1.807, 2.05) is 45.0 Å². The summed E-state index contributed by atoms with van der Waals surface area (Å²) in [7, 11) is 0. The van der Waals surface area contributed by atoms with Crippen LogP contribution in [0.25, 0.3) is 11.0 Å². The maximum atomic E-state index is 12.4. The zero-order valence-electron chi connectivity index (χ0n) is 13.3. The van der Waals surface area contributed by atoms with E-state index in [9.17, 15) is 9.59 Å². The summed E-state index contributed by atoms with van der Waals surface area (Å²) in [5.74, 6) is -0.420. The van der Waals surface area contributed by atoms with Crippen LogP contribution in [0.3, 0.4) is 0 Å². The number of hydrogen-bond donors (Lipinski definition) is 1. The van der Waals surface area contributed by atoms with E-state index in [1.165, 1.54) is 6.07 Å². The highest BCUT2D eigenvalue weighted by Gasteiger charge is 2.14. The van der Waals surface area contributed by atoms with Gasteiger partial charge in [-0.1, -0.05) is 24.3 Å². The third-order valence-corrected chi connectivity index (χ3v) is 3.78. The predicted octanol–water partition coefficient (Wildman–Crippen LogP) is 3.97. The Hall–Kier alpha value is -2.88. The molecule has 0 aliphatic heterocycles. The molecule has 0 fully saturated rings. The van der Waals surface area contributed by atoms with Gasteiger partial charge in [-0.2, -0.15) is 0 Å². The summed E-state index contributed by atoms with van der Waals surface area (Å²) in [4.78, 5) is 24.7. The van der Waals surface area contributed by atoms with Crippen LogP contribution in [0.15, 0.2) is 51.7 Å². The van der Waals surface area contributed by atoms with Crippen molar-refractivity contribution in [1.82, 2.24) is 0 Å². The number of nitrogens with one attached hydrogen (secondary N) is 1. The molecule has 3 rings (SSSR count). The van der Waals surface area contributed by atoms with Gasteiger partial charge in [0.25, 0.3) is 5.91 Å². The Balaban J connectivity index is 2.05. The summed E-state index contributed by atoms with van der Waals surface area (Å²) in [6, 6.07) is 12.4. The molecule has 0 atom stereocenters. The second-order valence-electron chi connectivity index (χ2n) is 5.70. The van der Waals surface area contributed by atoms with Crippen LogP contribution >= 0.6 is 0 Å². The first-order valence-corrected chi connectivity index (χ1v) is 7.38.